The Hall–Kier alpha value is -2.00. The fraction of sp³-hybridized carbons (Fsp3) is 0.826. The van der Waals surface area contributed by atoms with Crippen LogP contribution in [0.25, 0.3) is 0 Å². The van der Waals surface area contributed by atoms with E-state index in [-0.39, 0.29) is 24.8 Å². The molecular formula is C23H36O9. The maximum Gasteiger partial charge on any atom is 0.305 e. The SMILES string of the molecule is COC(=O)CCCC(CCC1(C=O)CC(OC2CCCCO2)CC1OC(C)=O)OC(C)=O. The first-order valence-electron chi connectivity index (χ1n) is 11.4. The van der Waals surface area contributed by atoms with Crippen molar-refractivity contribution in [3.05, 3.63) is 0 Å². The Balaban J connectivity index is 2.03. The minimum atomic E-state index is -0.925. The Morgan fingerprint density at radius 3 is 2.53 bits per heavy atom. The second-order valence-electron chi connectivity index (χ2n) is 8.68. The minimum absolute atomic E-state index is 0.223. The largest absolute Gasteiger partial charge is 0.469 e. The number of rotatable bonds is 12. The lowest BCUT2D eigenvalue weighted by atomic mass is 9.79. The number of carbonyl (C=O) groups excluding carboxylic acids is 4. The predicted molar refractivity (Wildman–Crippen MR) is 112 cm³/mol. The molecule has 9 heteroatoms. The van der Waals surface area contributed by atoms with Crippen molar-refractivity contribution < 1.29 is 42.9 Å². The number of ether oxygens (including phenoxy) is 5. The van der Waals surface area contributed by atoms with E-state index < -0.39 is 29.6 Å². The summed E-state index contributed by atoms with van der Waals surface area (Å²) in [7, 11) is 1.33. The highest BCUT2D eigenvalue weighted by Crippen LogP contribution is 2.45. The summed E-state index contributed by atoms with van der Waals surface area (Å²) >= 11 is 0. The van der Waals surface area contributed by atoms with Gasteiger partial charge in [0, 0.05) is 33.3 Å². The molecule has 2 rings (SSSR count). The van der Waals surface area contributed by atoms with Gasteiger partial charge < -0.3 is 28.5 Å². The van der Waals surface area contributed by atoms with Crippen LogP contribution in [-0.2, 0) is 42.9 Å². The molecule has 0 aromatic carbocycles. The molecule has 0 aromatic heterocycles. The summed E-state index contributed by atoms with van der Waals surface area (Å²) in [5.74, 6) is -1.20. The van der Waals surface area contributed by atoms with Gasteiger partial charge in [-0.1, -0.05) is 0 Å². The van der Waals surface area contributed by atoms with Crippen molar-refractivity contribution >= 4 is 24.2 Å². The number of esters is 3. The summed E-state index contributed by atoms with van der Waals surface area (Å²) in [6, 6.07) is 0. The van der Waals surface area contributed by atoms with Crippen molar-refractivity contribution in [2.24, 2.45) is 5.41 Å². The molecule has 0 spiro atoms. The first-order valence-corrected chi connectivity index (χ1v) is 11.4. The van der Waals surface area contributed by atoms with Gasteiger partial charge in [-0.2, -0.15) is 0 Å². The molecule has 0 aromatic rings. The van der Waals surface area contributed by atoms with E-state index in [1.165, 1.54) is 21.0 Å². The molecule has 1 aliphatic carbocycles. The molecule has 9 nitrogen and oxygen atoms in total. The average Bonchev–Trinajstić information content (AvgIpc) is 3.08. The lowest BCUT2D eigenvalue weighted by Crippen LogP contribution is -2.36. The van der Waals surface area contributed by atoms with E-state index in [0.29, 0.717) is 45.1 Å². The molecule has 0 N–H and O–H groups in total. The van der Waals surface area contributed by atoms with Gasteiger partial charge in [0.1, 0.15) is 18.5 Å². The Morgan fingerprint density at radius 2 is 1.94 bits per heavy atom. The molecule has 182 valence electrons. The van der Waals surface area contributed by atoms with Gasteiger partial charge in [-0.05, 0) is 51.4 Å². The Labute approximate surface area is 189 Å². The summed E-state index contributed by atoms with van der Waals surface area (Å²) in [5.41, 5.74) is -0.925. The van der Waals surface area contributed by atoms with E-state index >= 15 is 0 Å². The van der Waals surface area contributed by atoms with Crippen LogP contribution in [-0.4, -0.2) is 62.5 Å². The summed E-state index contributed by atoms with van der Waals surface area (Å²) in [4.78, 5) is 46.9. The van der Waals surface area contributed by atoms with Gasteiger partial charge in [0.15, 0.2) is 6.29 Å². The van der Waals surface area contributed by atoms with Gasteiger partial charge in [0.2, 0.25) is 0 Å². The predicted octanol–water partition coefficient (Wildman–Crippen LogP) is 2.86. The molecule has 1 saturated heterocycles. The van der Waals surface area contributed by atoms with Gasteiger partial charge in [-0.25, -0.2) is 0 Å². The fourth-order valence-corrected chi connectivity index (χ4v) is 4.56. The van der Waals surface area contributed by atoms with Crippen molar-refractivity contribution in [2.45, 2.75) is 103 Å². The number of hydrogen-bond acceptors (Lipinski definition) is 9. The van der Waals surface area contributed by atoms with Crippen LogP contribution in [0.1, 0.15) is 78.1 Å². The summed E-state index contributed by atoms with van der Waals surface area (Å²) in [6.45, 7) is 3.30. The highest BCUT2D eigenvalue weighted by atomic mass is 16.7. The topological polar surface area (TPSA) is 114 Å². The van der Waals surface area contributed by atoms with Crippen molar-refractivity contribution in [1.82, 2.24) is 0 Å². The molecule has 5 unspecified atom stereocenters. The third-order valence-corrected chi connectivity index (χ3v) is 6.15. The van der Waals surface area contributed by atoms with Gasteiger partial charge >= 0.3 is 17.9 Å². The number of methoxy groups -OCH3 is 1. The van der Waals surface area contributed by atoms with Crippen LogP contribution >= 0.6 is 0 Å². The van der Waals surface area contributed by atoms with E-state index in [0.717, 1.165) is 25.5 Å². The molecule has 1 saturated carbocycles. The van der Waals surface area contributed by atoms with Crippen molar-refractivity contribution in [3.8, 4) is 0 Å². The molecule has 5 atom stereocenters. The molecule has 1 heterocycles. The summed E-state index contributed by atoms with van der Waals surface area (Å²) < 4.78 is 27.3. The van der Waals surface area contributed by atoms with Crippen LogP contribution in [0.3, 0.4) is 0 Å². The zero-order valence-electron chi connectivity index (χ0n) is 19.3. The molecule has 2 fully saturated rings. The number of hydrogen-bond donors (Lipinski definition) is 0. The molecule has 32 heavy (non-hydrogen) atoms. The average molecular weight is 457 g/mol. The lowest BCUT2D eigenvalue weighted by molar-refractivity contribution is -0.188. The monoisotopic (exact) mass is 456 g/mol. The quantitative estimate of drug-likeness (QED) is 0.248. The zero-order valence-corrected chi connectivity index (χ0v) is 19.3. The Kier molecular flexibility index (Phi) is 10.6. The highest BCUT2D eigenvalue weighted by Gasteiger charge is 2.50. The standard InChI is InChI=1S/C23H36O9/c1-16(25)30-18(7-6-8-21(27)28-3)10-11-23(15-24)14-19(13-20(23)31-17(2)26)32-22-9-4-5-12-29-22/h15,18-20,22H,4-14H2,1-3H3. The summed E-state index contributed by atoms with van der Waals surface area (Å²) in [5, 5.41) is 0. The molecule has 1 aliphatic heterocycles. The van der Waals surface area contributed by atoms with E-state index in [2.05, 4.69) is 4.74 Å². The minimum Gasteiger partial charge on any atom is -0.469 e. The maximum atomic E-state index is 12.3. The normalized spacial score (nSPS) is 28.5. The first kappa shape index (κ1) is 26.3. The smallest absolute Gasteiger partial charge is 0.305 e. The Morgan fingerprint density at radius 1 is 1.16 bits per heavy atom. The highest BCUT2D eigenvalue weighted by molar-refractivity contribution is 5.69. The van der Waals surface area contributed by atoms with Gasteiger partial charge in [-0.3, -0.25) is 14.4 Å². The fourth-order valence-electron chi connectivity index (χ4n) is 4.56. The molecule has 0 amide bonds. The van der Waals surface area contributed by atoms with Gasteiger partial charge in [-0.15, -0.1) is 0 Å². The second kappa shape index (κ2) is 12.9. The van der Waals surface area contributed by atoms with Gasteiger partial charge in [0.05, 0.1) is 18.6 Å². The van der Waals surface area contributed by atoms with Crippen LogP contribution in [0, 0.1) is 5.41 Å². The van der Waals surface area contributed by atoms with E-state index in [1.54, 1.807) is 0 Å². The molecule has 0 bridgehead atoms. The van der Waals surface area contributed by atoms with Crippen molar-refractivity contribution in [2.75, 3.05) is 13.7 Å². The Bertz CT molecular complexity index is 643. The zero-order chi connectivity index (χ0) is 23.6. The van der Waals surface area contributed by atoms with Crippen LogP contribution in [0.2, 0.25) is 0 Å². The molecular weight excluding hydrogens is 420 g/mol. The van der Waals surface area contributed by atoms with E-state index in [1.807, 2.05) is 0 Å². The van der Waals surface area contributed by atoms with Crippen LogP contribution < -0.4 is 0 Å². The molecule has 2 aliphatic rings. The van der Waals surface area contributed by atoms with E-state index in [9.17, 15) is 19.2 Å². The number of aldehydes is 1. The van der Waals surface area contributed by atoms with Crippen LogP contribution in [0.5, 0.6) is 0 Å². The number of carbonyl (C=O) groups is 4. The third-order valence-electron chi connectivity index (χ3n) is 6.15. The van der Waals surface area contributed by atoms with E-state index in [4.69, 9.17) is 18.9 Å². The second-order valence-corrected chi connectivity index (χ2v) is 8.68. The first-order chi connectivity index (χ1) is 15.3. The van der Waals surface area contributed by atoms with Crippen molar-refractivity contribution in [1.29, 1.82) is 0 Å². The molecule has 0 radical (unpaired) electrons. The van der Waals surface area contributed by atoms with Crippen molar-refractivity contribution in [3.63, 3.8) is 0 Å². The van der Waals surface area contributed by atoms with Crippen LogP contribution in [0.4, 0.5) is 0 Å². The van der Waals surface area contributed by atoms with Gasteiger partial charge in [0.25, 0.3) is 0 Å². The van der Waals surface area contributed by atoms with Crippen LogP contribution in [0.15, 0.2) is 0 Å². The third kappa shape index (κ3) is 8.16. The summed E-state index contributed by atoms with van der Waals surface area (Å²) in [6.07, 6.45) is 4.85. The maximum absolute atomic E-state index is 12.3. The lowest BCUT2D eigenvalue weighted by Gasteiger charge is -2.31.